The van der Waals surface area contributed by atoms with E-state index in [1.54, 1.807) is 20.8 Å². The van der Waals surface area contributed by atoms with Gasteiger partial charge in [0.05, 0.1) is 23.9 Å². The number of nitrogens with one attached hydrogen (secondary N) is 3. The van der Waals surface area contributed by atoms with E-state index in [-0.39, 0.29) is 30.4 Å². The van der Waals surface area contributed by atoms with Gasteiger partial charge in [0.2, 0.25) is 5.91 Å². The average molecular weight is 592 g/mol. The van der Waals surface area contributed by atoms with Gasteiger partial charge in [-0.05, 0) is 63.1 Å². The zero-order valence-electron chi connectivity index (χ0n) is 25.2. The van der Waals surface area contributed by atoms with Gasteiger partial charge in [-0.1, -0.05) is 44.2 Å². The topological polar surface area (TPSA) is 139 Å². The van der Waals surface area contributed by atoms with E-state index in [2.05, 4.69) is 16.1 Å². The van der Waals surface area contributed by atoms with E-state index in [4.69, 9.17) is 14.5 Å². The Balaban J connectivity index is 1.53. The number of benzene rings is 1. The first-order valence-corrected chi connectivity index (χ1v) is 15.1. The van der Waals surface area contributed by atoms with Crippen LogP contribution in [0.3, 0.4) is 0 Å². The smallest absolute Gasteiger partial charge is 0.319 e. The lowest BCUT2D eigenvalue weighted by molar-refractivity contribution is -0.171. The number of pyridine rings is 1. The maximum atomic E-state index is 13.8. The normalized spacial score (nSPS) is 30.2. The Morgan fingerprint density at radius 2 is 1.77 bits per heavy atom. The molecule has 2 fully saturated rings. The molecule has 5 rings (SSSR count). The average Bonchev–Trinajstić information content (AvgIpc) is 3.01. The number of carbonyl (C=O) groups excluding carboxylic acids is 4. The third-order valence-corrected chi connectivity index (χ3v) is 8.41. The van der Waals surface area contributed by atoms with Crippen LogP contribution in [0, 0.1) is 11.3 Å². The molecule has 0 saturated carbocycles. The predicted molar refractivity (Wildman–Crippen MR) is 160 cm³/mol. The van der Waals surface area contributed by atoms with Gasteiger partial charge in [0.15, 0.2) is 6.10 Å². The fourth-order valence-electron chi connectivity index (χ4n) is 5.77. The second kappa shape index (κ2) is 12.8. The molecule has 3 N–H and O–H groups in total. The minimum Gasteiger partial charge on any atom is -0.451 e. The Morgan fingerprint density at radius 3 is 2.51 bits per heavy atom. The number of fused-ring (bicyclic) bond motifs is 4. The van der Waals surface area contributed by atoms with E-state index >= 15 is 0 Å². The van der Waals surface area contributed by atoms with Crippen molar-refractivity contribution in [2.24, 2.45) is 11.3 Å². The summed E-state index contributed by atoms with van der Waals surface area (Å²) in [5.41, 5.74) is 4.26. The molecule has 2 unspecified atom stereocenters. The van der Waals surface area contributed by atoms with Crippen LogP contribution in [-0.4, -0.2) is 71.6 Å². The Labute approximate surface area is 251 Å². The van der Waals surface area contributed by atoms with Crippen molar-refractivity contribution in [2.45, 2.75) is 77.6 Å². The van der Waals surface area contributed by atoms with Gasteiger partial charge in [-0.15, -0.1) is 0 Å². The molecule has 2 saturated heterocycles. The summed E-state index contributed by atoms with van der Waals surface area (Å²) in [7, 11) is 0. The highest BCUT2D eigenvalue weighted by Gasteiger charge is 2.43. The molecule has 11 heteroatoms. The van der Waals surface area contributed by atoms with Gasteiger partial charge in [-0.3, -0.25) is 29.2 Å². The minimum absolute atomic E-state index is 0.138. The number of aromatic nitrogens is 1. The van der Waals surface area contributed by atoms with Crippen molar-refractivity contribution in [1.29, 1.82) is 0 Å². The quantitative estimate of drug-likeness (QED) is 0.431. The monoisotopic (exact) mass is 591 g/mol. The van der Waals surface area contributed by atoms with Gasteiger partial charge in [-0.2, -0.15) is 0 Å². The van der Waals surface area contributed by atoms with Crippen molar-refractivity contribution in [2.75, 3.05) is 19.8 Å². The summed E-state index contributed by atoms with van der Waals surface area (Å²) in [5, 5.41) is 8.08. The number of ether oxygens (including phenoxy) is 2. The summed E-state index contributed by atoms with van der Waals surface area (Å²) >= 11 is 0. The second-order valence-corrected chi connectivity index (χ2v) is 12.2. The number of cyclic esters (lactones) is 1. The largest absolute Gasteiger partial charge is 0.451 e. The number of carbonyl (C=O) groups is 4. The first-order valence-electron chi connectivity index (χ1n) is 15.1. The van der Waals surface area contributed by atoms with Gasteiger partial charge in [-0.25, -0.2) is 5.43 Å². The first kappa shape index (κ1) is 30.6. The maximum absolute atomic E-state index is 13.8. The fourth-order valence-corrected chi connectivity index (χ4v) is 5.77. The molecule has 5 atom stereocenters. The number of hydrazine groups is 1. The van der Waals surface area contributed by atoms with Crippen LogP contribution in [0.4, 0.5) is 0 Å². The zero-order chi connectivity index (χ0) is 30.7. The molecule has 43 heavy (non-hydrogen) atoms. The van der Waals surface area contributed by atoms with Crippen LogP contribution in [0.2, 0.25) is 0 Å². The van der Waals surface area contributed by atoms with Crippen LogP contribution in [0.25, 0.3) is 17.0 Å². The van der Waals surface area contributed by atoms with Crippen molar-refractivity contribution in [3.05, 3.63) is 47.7 Å². The minimum atomic E-state index is -1.11. The molecular formula is C32H41N5O6. The van der Waals surface area contributed by atoms with E-state index < -0.39 is 35.5 Å². The summed E-state index contributed by atoms with van der Waals surface area (Å²) in [6.07, 6.45) is 4.92. The lowest BCUT2D eigenvalue weighted by atomic mass is 9.81. The van der Waals surface area contributed by atoms with E-state index in [0.717, 1.165) is 16.5 Å². The van der Waals surface area contributed by atoms with Crippen LogP contribution < -0.4 is 16.1 Å². The van der Waals surface area contributed by atoms with Crippen molar-refractivity contribution in [3.63, 3.8) is 0 Å². The molecule has 4 heterocycles. The third kappa shape index (κ3) is 6.73. The van der Waals surface area contributed by atoms with Gasteiger partial charge in [0, 0.05) is 18.5 Å². The Bertz CT molecular complexity index is 1420. The van der Waals surface area contributed by atoms with Crippen LogP contribution in [-0.2, 0) is 28.7 Å². The molecular weight excluding hydrogens is 550 g/mol. The van der Waals surface area contributed by atoms with Crippen molar-refractivity contribution in [3.8, 4) is 0 Å². The number of rotatable bonds is 1. The maximum Gasteiger partial charge on any atom is 0.319 e. The van der Waals surface area contributed by atoms with Gasteiger partial charge >= 0.3 is 5.97 Å². The number of hydrogen-bond acceptors (Lipinski definition) is 8. The molecule has 5 bridgehead atoms. The third-order valence-electron chi connectivity index (χ3n) is 8.41. The lowest BCUT2D eigenvalue weighted by Crippen LogP contribution is -2.61. The van der Waals surface area contributed by atoms with Crippen molar-refractivity contribution < 1.29 is 28.7 Å². The van der Waals surface area contributed by atoms with E-state index in [9.17, 15) is 19.2 Å². The molecule has 0 radical (unpaired) electrons. The van der Waals surface area contributed by atoms with Crippen molar-refractivity contribution >= 4 is 40.7 Å². The molecule has 1 aromatic heterocycles. The molecule has 230 valence electrons. The Hall–Kier alpha value is -3.83. The number of amides is 3. The Morgan fingerprint density at radius 1 is 1.00 bits per heavy atom. The number of esters is 1. The van der Waals surface area contributed by atoms with E-state index in [1.165, 1.54) is 5.01 Å². The molecule has 2 aromatic rings. The van der Waals surface area contributed by atoms with Crippen LogP contribution >= 0.6 is 0 Å². The fraction of sp³-hybridized carbons (Fsp3) is 0.531. The van der Waals surface area contributed by atoms with Gasteiger partial charge in [0.25, 0.3) is 11.8 Å². The molecule has 3 aliphatic rings. The lowest BCUT2D eigenvalue weighted by Gasteiger charge is -2.36. The molecule has 1 spiro atoms. The van der Waals surface area contributed by atoms with Crippen LogP contribution in [0.15, 0.2) is 36.4 Å². The highest BCUT2D eigenvalue weighted by Crippen LogP contribution is 2.34. The summed E-state index contributed by atoms with van der Waals surface area (Å²) in [4.78, 5) is 58.5. The van der Waals surface area contributed by atoms with Crippen LogP contribution in [0.5, 0.6) is 0 Å². The Kier molecular flexibility index (Phi) is 9.12. The summed E-state index contributed by atoms with van der Waals surface area (Å²) in [5.74, 6) is -2.06. The summed E-state index contributed by atoms with van der Waals surface area (Å²) < 4.78 is 11.6. The second-order valence-electron chi connectivity index (χ2n) is 12.2. The number of nitrogens with zero attached hydrogens (tertiary/aromatic N) is 2. The summed E-state index contributed by atoms with van der Waals surface area (Å²) in [6.45, 7) is 8.11. The molecule has 11 nitrogen and oxygen atoms in total. The number of hydrogen-bond donors (Lipinski definition) is 3. The zero-order valence-corrected chi connectivity index (χ0v) is 25.2. The molecule has 1 aromatic carbocycles. The highest BCUT2D eigenvalue weighted by molar-refractivity contribution is 5.92. The van der Waals surface area contributed by atoms with Gasteiger partial charge < -0.3 is 20.1 Å². The van der Waals surface area contributed by atoms with Crippen molar-refractivity contribution in [1.82, 2.24) is 26.1 Å². The first-order chi connectivity index (χ1) is 20.6. The SMILES string of the molecule is CC(C)C1OC(=O)C2(/C=C/c3ccc4ccc(nc4c3)[C@@H](C)NC(=O)[C@@H]3CCCN(N3)C(=O)[C@H](C)NC1=O)CCCOC2. The molecule has 3 aliphatic heterocycles. The summed E-state index contributed by atoms with van der Waals surface area (Å²) in [6, 6.07) is 7.80. The van der Waals surface area contributed by atoms with Gasteiger partial charge in [0.1, 0.15) is 17.5 Å². The van der Waals surface area contributed by atoms with Crippen LogP contribution in [0.1, 0.15) is 70.7 Å². The van der Waals surface area contributed by atoms with E-state index in [0.29, 0.717) is 44.5 Å². The molecule has 0 aliphatic carbocycles. The standard InChI is InChI=1S/C32H41N5O6/c1-19(2)27-29(39)34-21(4)30(40)37-15-5-7-25(36-37)28(38)33-20(3)24-11-10-23-9-8-22(17-26(23)35-24)12-14-32(31(41)43-27)13-6-16-42-18-32/h8-12,14,17,19-21,25,27,36H,5-7,13,15-16,18H2,1-4H3,(H,33,38)(H,34,39)/b14-12+/t20-,21+,25+,27?,32?/m1/s1. The molecule has 3 amide bonds. The highest BCUT2D eigenvalue weighted by atomic mass is 16.6. The van der Waals surface area contributed by atoms with E-state index in [1.807, 2.05) is 49.4 Å². The predicted octanol–water partition coefficient (Wildman–Crippen LogP) is 2.80.